The number of nitrogens with zero attached hydrogens (tertiary/aromatic N) is 4. The Morgan fingerprint density at radius 1 is 1.07 bits per heavy atom. The first-order valence-electron chi connectivity index (χ1n) is 14.8. The molecule has 1 aliphatic heterocycles. The minimum absolute atomic E-state index is 0.105. The smallest absolute Gasteiger partial charge is 0.343 e. The van der Waals surface area contributed by atoms with Gasteiger partial charge in [-0.15, -0.1) is 0 Å². The van der Waals surface area contributed by atoms with Gasteiger partial charge in [-0.05, 0) is 64.5 Å². The molecule has 14 heteroatoms. The summed E-state index contributed by atoms with van der Waals surface area (Å²) < 4.78 is 23.2. The first-order valence-corrected chi connectivity index (χ1v) is 15.6. The van der Waals surface area contributed by atoms with Crippen LogP contribution in [-0.2, 0) is 19.1 Å². The SMILES string of the molecule is CCOC(=O)C1=C(C)N=c2s/c(=C\c3cc([N+](=O)[O-])ccc3N(CC)CC)c(=O)n2[C@@H]1c1ccc(OCC(=O)OC)c(OCC)c1. The molecule has 0 aliphatic carbocycles. The molecular weight excluding hydrogens is 616 g/mol. The van der Waals surface area contributed by atoms with Crippen molar-refractivity contribution in [3.63, 3.8) is 0 Å². The number of carbonyl (C=O) groups excluding carboxylic acids is 2. The van der Waals surface area contributed by atoms with Crippen molar-refractivity contribution in [3.8, 4) is 11.5 Å². The van der Waals surface area contributed by atoms with Crippen LogP contribution in [-0.4, -0.2) is 61.4 Å². The lowest BCUT2D eigenvalue weighted by Gasteiger charge is -2.25. The number of carbonyl (C=O) groups is 2. The number of rotatable bonds is 13. The molecule has 0 N–H and O–H groups in total. The van der Waals surface area contributed by atoms with Crippen molar-refractivity contribution < 1.29 is 33.5 Å². The van der Waals surface area contributed by atoms with E-state index in [-0.39, 0.29) is 41.4 Å². The van der Waals surface area contributed by atoms with Gasteiger partial charge in [0.25, 0.3) is 11.2 Å². The quantitative estimate of drug-likeness (QED) is 0.152. The van der Waals surface area contributed by atoms with Crippen molar-refractivity contribution in [2.24, 2.45) is 4.99 Å². The van der Waals surface area contributed by atoms with Gasteiger partial charge in [-0.25, -0.2) is 14.6 Å². The highest BCUT2D eigenvalue weighted by Gasteiger charge is 2.34. The Morgan fingerprint density at radius 2 is 1.80 bits per heavy atom. The Kier molecular flexibility index (Phi) is 11.0. The number of thiazole rings is 1. The molecule has 1 atom stereocenters. The normalized spacial score (nSPS) is 14.3. The zero-order valence-electron chi connectivity index (χ0n) is 26.5. The van der Waals surface area contributed by atoms with Crippen molar-refractivity contribution in [3.05, 3.63) is 88.6 Å². The van der Waals surface area contributed by atoms with Crippen molar-refractivity contribution in [1.29, 1.82) is 0 Å². The molecule has 244 valence electrons. The fourth-order valence-electron chi connectivity index (χ4n) is 5.15. The van der Waals surface area contributed by atoms with Crippen LogP contribution in [0.15, 0.2) is 57.5 Å². The molecule has 0 bridgehead atoms. The summed E-state index contributed by atoms with van der Waals surface area (Å²) in [4.78, 5) is 57.4. The van der Waals surface area contributed by atoms with E-state index in [2.05, 4.69) is 9.73 Å². The molecule has 0 amide bonds. The zero-order valence-corrected chi connectivity index (χ0v) is 27.3. The van der Waals surface area contributed by atoms with Gasteiger partial charge in [-0.3, -0.25) is 19.5 Å². The number of benzene rings is 2. The summed E-state index contributed by atoms with van der Waals surface area (Å²) in [7, 11) is 1.25. The number of hydrogen-bond donors (Lipinski definition) is 0. The van der Waals surface area contributed by atoms with E-state index in [1.54, 1.807) is 51.1 Å². The highest BCUT2D eigenvalue weighted by molar-refractivity contribution is 7.07. The Balaban J connectivity index is 1.96. The number of nitro benzene ring substituents is 1. The van der Waals surface area contributed by atoms with Crippen molar-refractivity contribution in [2.45, 2.75) is 40.7 Å². The van der Waals surface area contributed by atoms with Gasteiger partial charge in [0.2, 0.25) is 0 Å². The first-order chi connectivity index (χ1) is 22.1. The van der Waals surface area contributed by atoms with E-state index in [1.807, 2.05) is 18.7 Å². The van der Waals surface area contributed by atoms with E-state index in [9.17, 15) is 24.5 Å². The number of nitro groups is 1. The van der Waals surface area contributed by atoms with Gasteiger partial charge in [-0.2, -0.15) is 0 Å². The number of allylic oxidation sites excluding steroid dienone is 1. The van der Waals surface area contributed by atoms with Crippen LogP contribution in [0.3, 0.4) is 0 Å². The van der Waals surface area contributed by atoms with Gasteiger partial charge < -0.3 is 23.8 Å². The number of anilines is 1. The molecule has 2 aromatic carbocycles. The number of fused-ring (bicyclic) bond motifs is 1. The standard InChI is InChI=1S/C32H36N4O9S/c1-7-34(8-2)23-13-12-22(36(40)41)15-21(23)17-26-30(38)35-29(28(31(39)44-10-4)19(5)33-32(35)46-26)20-11-14-24(25(16-20)43-9-3)45-18-27(37)42-6/h11-17,29H,7-10,18H2,1-6H3/b26-17-/t29-/m1/s1. The predicted molar refractivity (Wildman–Crippen MR) is 172 cm³/mol. The maximum atomic E-state index is 14.2. The second kappa shape index (κ2) is 14.9. The van der Waals surface area contributed by atoms with E-state index >= 15 is 0 Å². The Bertz CT molecular complexity index is 1860. The van der Waals surface area contributed by atoms with Crippen LogP contribution in [0.4, 0.5) is 11.4 Å². The number of hydrogen-bond acceptors (Lipinski definition) is 12. The largest absolute Gasteiger partial charge is 0.490 e. The molecule has 13 nitrogen and oxygen atoms in total. The summed E-state index contributed by atoms with van der Waals surface area (Å²) in [6, 6.07) is 8.54. The minimum atomic E-state index is -0.946. The Hall–Kier alpha value is -4.98. The highest BCUT2D eigenvalue weighted by atomic mass is 32.1. The van der Waals surface area contributed by atoms with E-state index < -0.39 is 28.5 Å². The van der Waals surface area contributed by atoms with Crippen molar-refractivity contribution >= 4 is 40.7 Å². The molecule has 0 saturated carbocycles. The monoisotopic (exact) mass is 652 g/mol. The molecule has 46 heavy (non-hydrogen) atoms. The van der Waals surface area contributed by atoms with Gasteiger partial charge in [-0.1, -0.05) is 17.4 Å². The van der Waals surface area contributed by atoms with E-state index in [1.165, 1.54) is 23.8 Å². The molecule has 0 unspecified atom stereocenters. The fraction of sp³-hybridized carbons (Fsp3) is 0.375. The van der Waals surface area contributed by atoms with Gasteiger partial charge >= 0.3 is 11.9 Å². The number of esters is 2. The lowest BCUT2D eigenvalue weighted by atomic mass is 9.95. The summed E-state index contributed by atoms with van der Waals surface area (Å²) in [6.45, 7) is 10.4. The van der Waals surface area contributed by atoms with Crippen molar-refractivity contribution in [2.75, 3.05) is 44.9 Å². The average Bonchev–Trinajstić information content (AvgIpc) is 3.34. The van der Waals surface area contributed by atoms with Crippen LogP contribution < -0.4 is 29.3 Å². The van der Waals surface area contributed by atoms with E-state index in [0.29, 0.717) is 40.5 Å². The van der Waals surface area contributed by atoms with Crippen molar-refractivity contribution in [1.82, 2.24) is 4.57 Å². The van der Waals surface area contributed by atoms with Crippen LogP contribution in [0.2, 0.25) is 0 Å². The lowest BCUT2D eigenvalue weighted by molar-refractivity contribution is -0.384. The maximum absolute atomic E-state index is 14.2. The minimum Gasteiger partial charge on any atom is -0.490 e. The topological polar surface area (TPSA) is 152 Å². The summed E-state index contributed by atoms with van der Waals surface area (Å²) in [5.41, 5.74) is 1.76. The van der Waals surface area contributed by atoms with Gasteiger partial charge in [0.05, 0.1) is 47.1 Å². The average molecular weight is 653 g/mol. The Labute approximate surface area is 269 Å². The molecule has 0 radical (unpaired) electrons. The molecule has 0 spiro atoms. The highest BCUT2D eigenvalue weighted by Crippen LogP contribution is 2.36. The second-order valence-corrected chi connectivity index (χ2v) is 11.0. The molecule has 4 rings (SSSR count). The molecule has 0 saturated heterocycles. The predicted octanol–water partition coefficient (Wildman–Crippen LogP) is 3.50. The third-order valence-corrected chi connectivity index (χ3v) is 8.27. The molecule has 3 aromatic rings. The number of non-ortho nitro benzene ring substituents is 1. The summed E-state index contributed by atoms with van der Waals surface area (Å²) in [5.74, 6) is -0.634. The third-order valence-electron chi connectivity index (χ3n) is 7.29. The maximum Gasteiger partial charge on any atom is 0.343 e. The molecular formula is C32H36N4O9S. The molecule has 1 aromatic heterocycles. The second-order valence-electron chi connectivity index (χ2n) is 9.98. The van der Waals surface area contributed by atoms with Crippen LogP contribution in [0, 0.1) is 10.1 Å². The zero-order chi connectivity index (χ0) is 33.5. The number of methoxy groups -OCH3 is 1. The molecule has 2 heterocycles. The van der Waals surface area contributed by atoms with E-state index in [4.69, 9.17) is 14.2 Å². The fourth-order valence-corrected chi connectivity index (χ4v) is 6.19. The van der Waals surface area contributed by atoms with Gasteiger partial charge in [0, 0.05) is 36.5 Å². The van der Waals surface area contributed by atoms with Crippen LogP contribution in [0.25, 0.3) is 6.08 Å². The summed E-state index contributed by atoms with van der Waals surface area (Å²) >= 11 is 1.11. The number of aromatic nitrogens is 1. The summed E-state index contributed by atoms with van der Waals surface area (Å²) in [5, 5.41) is 11.6. The van der Waals surface area contributed by atoms with Crippen LogP contribution >= 0.6 is 11.3 Å². The van der Waals surface area contributed by atoms with Gasteiger partial charge in [0.1, 0.15) is 0 Å². The molecule has 1 aliphatic rings. The third kappa shape index (κ3) is 6.96. The molecule has 0 fully saturated rings. The van der Waals surface area contributed by atoms with Gasteiger partial charge in [0.15, 0.2) is 22.9 Å². The van der Waals surface area contributed by atoms with Crippen LogP contribution in [0.5, 0.6) is 11.5 Å². The first kappa shape index (κ1) is 33.9. The van der Waals surface area contributed by atoms with Crippen LogP contribution in [0.1, 0.15) is 51.8 Å². The lowest BCUT2D eigenvalue weighted by Crippen LogP contribution is -2.40. The number of ether oxygens (including phenoxy) is 4. The Morgan fingerprint density at radius 3 is 2.43 bits per heavy atom. The summed E-state index contributed by atoms with van der Waals surface area (Å²) in [6.07, 6.45) is 1.63. The van der Waals surface area contributed by atoms with E-state index in [0.717, 1.165) is 17.0 Å².